The zero-order valence-electron chi connectivity index (χ0n) is 20.0. The van der Waals surface area contributed by atoms with Crippen molar-refractivity contribution in [3.8, 4) is 0 Å². The number of alkyl halides is 3. The van der Waals surface area contributed by atoms with Gasteiger partial charge in [0.1, 0.15) is 5.82 Å². The van der Waals surface area contributed by atoms with E-state index in [2.05, 4.69) is 40.4 Å². The number of anilines is 2. The van der Waals surface area contributed by atoms with Crippen LogP contribution >= 0.6 is 12.2 Å². The highest BCUT2D eigenvalue weighted by Crippen LogP contribution is 2.43. The maximum Gasteiger partial charge on any atom is 0.410 e. The minimum absolute atomic E-state index is 0.118. The van der Waals surface area contributed by atoms with Crippen LogP contribution < -0.4 is 21.5 Å². The van der Waals surface area contributed by atoms with Crippen LogP contribution in [0.25, 0.3) is 0 Å². The topological polar surface area (TPSA) is 83.0 Å². The van der Waals surface area contributed by atoms with Crippen LogP contribution in [0, 0.1) is 6.92 Å². The highest BCUT2D eigenvalue weighted by molar-refractivity contribution is 7.80. The maximum atomic E-state index is 14.0. The molecule has 36 heavy (non-hydrogen) atoms. The molecule has 1 amide bonds. The molecule has 1 aliphatic heterocycles. The summed E-state index contributed by atoms with van der Waals surface area (Å²) in [5.74, 6) is -0.282. The summed E-state index contributed by atoms with van der Waals surface area (Å²) in [6, 6.07) is 13.8. The Bertz CT molecular complexity index is 1260. The van der Waals surface area contributed by atoms with Crippen molar-refractivity contribution in [1.82, 2.24) is 20.6 Å². The molecule has 0 unspecified atom stereocenters. The number of hydrazine groups is 1. The average molecular weight is 517 g/mol. The van der Waals surface area contributed by atoms with Crippen molar-refractivity contribution in [3.05, 3.63) is 77.0 Å². The van der Waals surface area contributed by atoms with E-state index in [9.17, 15) is 18.0 Å². The largest absolute Gasteiger partial charge is 0.410 e. The van der Waals surface area contributed by atoms with Crippen molar-refractivity contribution >= 4 is 34.7 Å². The molecule has 3 aromatic rings. The Balaban J connectivity index is 1.48. The second-order valence-corrected chi connectivity index (χ2v) is 9.48. The van der Waals surface area contributed by atoms with Gasteiger partial charge in [-0.2, -0.15) is 18.3 Å². The minimum atomic E-state index is -4.54. The number of hydrogen-bond donors (Lipinski definition) is 4. The van der Waals surface area contributed by atoms with Gasteiger partial charge < -0.3 is 10.6 Å². The van der Waals surface area contributed by atoms with Crippen LogP contribution in [0.15, 0.2) is 54.6 Å². The van der Waals surface area contributed by atoms with E-state index in [0.717, 1.165) is 27.1 Å². The van der Waals surface area contributed by atoms with Gasteiger partial charge in [-0.15, -0.1) is 0 Å². The summed E-state index contributed by atoms with van der Waals surface area (Å²) in [6.45, 7) is 6.04. The van der Waals surface area contributed by atoms with Gasteiger partial charge in [-0.25, -0.2) is 4.68 Å². The molecule has 11 heteroatoms. The number of aromatic nitrogens is 2. The first-order valence-electron chi connectivity index (χ1n) is 11.5. The van der Waals surface area contributed by atoms with Crippen molar-refractivity contribution in [3.63, 3.8) is 0 Å². The lowest BCUT2D eigenvalue weighted by Gasteiger charge is -2.33. The number of nitrogens with zero attached hydrogens (tertiary/aromatic N) is 2. The number of hydrogen-bond acceptors (Lipinski definition) is 4. The number of fused-ring (bicyclic) bond motifs is 1. The van der Waals surface area contributed by atoms with Crippen LogP contribution in [0.3, 0.4) is 0 Å². The summed E-state index contributed by atoms with van der Waals surface area (Å²) < 4.78 is 42.7. The van der Waals surface area contributed by atoms with Gasteiger partial charge in [-0.3, -0.25) is 15.6 Å². The Labute approximate surface area is 212 Å². The van der Waals surface area contributed by atoms with Gasteiger partial charge in [0.05, 0.1) is 6.04 Å². The predicted molar refractivity (Wildman–Crippen MR) is 137 cm³/mol. The van der Waals surface area contributed by atoms with Crippen molar-refractivity contribution in [1.29, 1.82) is 0 Å². The van der Waals surface area contributed by atoms with E-state index < -0.39 is 24.2 Å². The number of carbonyl (C=O) groups excluding carboxylic acids is 1. The van der Waals surface area contributed by atoms with Crippen LogP contribution in [0.5, 0.6) is 0 Å². The molecular formula is C25H27F3N6OS. The lowest BCUT2D eigenvalue weighted by molar-refractivity contribution is -0.173. The maximum absolute atomic E-state index is 14.0. The first kappa shape index (κ1) is 25.5. The molecule has 1 aliphatic rings. The van der Waals surface area contributed by atoms with E-state index in [4.69, 9.17) is 12.2 Å². The highest BCUT2D eigenvalue weighted by Gasteiger charge is 2.46. The van der Waals surface area contributed by atoms with E-state index in [0.29, 0.717) is 5.92 Å². The van der Waals surface area contributed by atoms with Gasteiger partial charge in [0.2, 0.25) is 0 Å². The van der Waals surface area contributed by atoms with Crippen LogP contribution in [0.2, 0.25) is 0 Å². The van der Waals surface area contributed by atoms with Crippen molar-refractivity contribution < 1.29 is 18.0 Å². The fourth-order valence-electron chi connectivity index (χ4n) is 4.08. The quantitative estimate of drug-likeness (QED) is 0.267. The standard InChI is InChI=1S/C25H27F3N6OS/c1-14(2)16-7-9-17(10-8-16)19-12-21(25(26,27)28)34-22(30-19)13-20(33-34)23(35)31-32-24(36)29-18-6-4-5-15(3)11-18/h4-11,13-14,19,21,30H,12H2,1-3H3,(H,31,35)(H2,29,32,36)/t19-,21-/m0/s1. The third-order valence-corrected chi connectivity index (χ3v) is 6.20. The molecule has 0 saturated heterocycles. The van der Waals surface area contributed by atoms with Gasteiger partial charge in [-0.1, -0.05) is 50.2 Å². The molecule has 1 aromatic heterocycles. The summed E-state index contributed by atoms with van der Waals surface area (Å²) in [5.41, 5.74) is 8.35. The molecule has 0 fully saturated rings. The second-order valence-electron chi connectivity index (χ2n) is 9.07. The SMILES string of the molecule is Cc1cccc(NC(=S)NNC(=O)c2cc3n(n2)[C@H](C(F)(F)F)C[C@@H](c2ccc(C(C)C)cc2)N3)c1. The first-order chi connectivity index (χ1) is 17.0. The average Bonchev–Trinajstić information content (AvgIpc) is 3.25. The molecule has 7 nitrogen and oxygen atoms in total. The molecular weight excluding hydrogens is 489 g/mol. The van der Waals surface area contributed by atoms with Gasteiger partial charge in [0.25, 0.3) is 5.91 Å². The Hall–Kier alpha value is -3.60. The van der Waals surface area contributed by atoms with Crippen molar-refractivity contribution in [2.24, 2.45) is 0 Å². The molecule has 4 rings (SSSR count). The number of thiocarbonyl (C=S) groups is 1. The fourth-order valence-corrected chi connectivity index (χ4v) is 4.25. The van der Waals surface area contributed by atoms with E-state index in [1.165, 1.54) is 6.07 Å². The predicted octanol–water partition coefficient (Wildman–Crippen LogP) is 5.61. The van der Waals surface area contributed by atoms with Crippen LogP contribution in [-0.2, 0) is 0 Å². The summed E-state index contributed by atoms with van der Waals surface area (Å²) >= 11 is 5.17. The molecule has 2 aromatic carbocycles. The van der Waals surface area contributed by atoms with E-state index >= 15 is 0 Å². The monoisotopic (exact) mass is 516 g/mol. The fraction of sp³-hybridized carbons (Fsp3) is 0.320. The van der Waals surface area contributed by atoms with Gasteiger partial charge in [0.15, 0.2) is 16.8 Å². The van der Waals surface area contributed by atoms with Crippen molar-refractivity contribution in [2.45, 2.75) is 51.4 Å². The number of aryl methyl sites for hydroxylation is 1. The summed E-state index contributed by atoms with van der Waals surface area (Å²) in [7, 11) is 0. The van der Waals surface area contributed by atoms with Gasteiger partial charge in [0, 0.05) is 18.2 Å². The normalized spacial score (nSPS) is 17.2. The molecule has 0 radical (unpaired) electrons. The minimum Gasteiger partial charge on any atom is -0.363 e. The van der Waals surface area contributed by atoms with Gasteiger partial charge in [-0.05, 0) is 53.9 Å². The molecule has 2 heterocycles. The van der Waals surface area contributed by atoms with Crippen LogP contribution in [0.4, 0.5) is 24.7 Å². The molecule has 2 atom stereocenters. The number of rotatable bonds is 4. The molecule has 0 aliphatic carbocycles. The van der Waals surface area contributed by atoms with Crippen LogP contribution in [-0.4, -0.2) is 27.0 Å². The number of halogens is 3. The summed E-state index contributed by atoms with van der Waals surface area (Å²) in [4.78, 5) is 12.6. The highest BCUT2D eigenvalue weighted by atomic mass is 32.1. The lowest BCUT2D eigenvalue weighted by Crippen LogP contribution is -2.44. The van der Waals surface area contributed by atoms with Crippen LogP contribution in [0.1, 0.15) is 65.4 Å². The molecule has 190 valence electrons. The Morgan fingerprint density at radius 3 is 2.50 bits per heavy atom. The molecule has 0 bridgehead atoms. The number of carbonyl (C=O) groups is 1. The third-order valence-electron chi connectivity index (χ3n) is 5.99. The number of nitrogens with one attached hydrogen (secondary N) is 4. The zero-order valence-corrected chi connectivity index (χ0v) is 20.8. The third kappa shape index (κ3) is 5.78. The lowest BCUT2D eigenvalue weighted by atomic mass is 9.94. The molecule has 0 saturated carbocycles. The van der Waals surface area contributed by atoms with Gasteiger partial charge >= 0.3 is 6.18 Å². The smallest absolute Gasteiger partial charge is 0.363 e. The molecule has 4 N–H and O–H groups in total. The molecule has 0 spiro atoms. The first-order valence-corrected chi connectivity index (χ1v) is 11.9. The second kappa shape index (κ2) is 10.2. The van der Waals surface area contributed by atoms with E-state index in [1.54, 1.807) is 0 Å². The zero-order chi connectivity index (χ0) is 26.0. The Morgan fingerprint density at radius 1 is 1.14 bits per heavy atom. The summed E-state index contributed by atoms with van der Waals surface area (Å²) in [5, 5.41) is 10.1. The number of amides is 1. The van der Waals surface area contributed by atoms with Crippen molar-refractivity contribution in [2.75, 3.05) is 10.6 Å². The Kier molecular flexibility index (Phi) is 7.21. The van der Waals surface area contributed by atoms with E-state index in [1.807, 2.05) is 55.5 Å². The van der Waals surface area contributed by atoms with E-state index in [-0.39, 0.29) is 23.0 Å². The summed E-state index contributed by atoms with van der Waals surface area (Å²) in [6.07, 6.45) is -4.78. The number of benzene rings is 2. The Morgan fingerprint density at radius 2 is 1.86 bits per heavy atom.